The summed E-state index contributed by atoms with van der Waals surface area (Å²) in [5.41, 5.74) is 7.63. The second kappa shape index (κ2) is 5.61. The van der Waals surface area contributed by atoms with Crippen molar-refractivity contribution in [3.8, 4) is 0 Å². The predicted molar refractivity (Wildman–Crippen MR) is 72.7 cm³/mol. The van der Waals surface area contributed by atoms with Crippen LogP contribution >= 0.6 is 11.6 Å². The van der Waals surface area contributed by atoms with E-state index in [0.29, 0.717) is 5.02 Å². The van der Waals surface area contributed by atoms with Crippen molar-refractivity contribution in [3.63, 3.8) is 0 Å². The van der Waals surface area contributed by atoms with Crippen molar-refractivity contribution in [2.45, 2.75) is 12.8 Å². The zero-order valence-corrected chi connectivity index (χ0v) is 10.9. The molecule has 0 radical (unpaired) electrons. The highest BCUT2D eigenvalue weighted by atomic mass is 35.5. The van der Waals surface area contributed by atoms with Gasteiger partial charge in [0, 0.05) is 25.2 Å². The minimum Gasteiger partial charge on any atom is -0.397 e. The van der Waals surface area contributed by atoms with E-state index in [1.54, 1.807) is 6.07 Å². The molecule has 1 aromatic rings. The number of ether oxygens (including phenoxy) is 1. The second-order valence-corrected chi connectivity index (χ2v) is 5.08. The third-order valence-electron chi connectivity index (χ3n) is 3.03. The Balaban J connectivity index is 1.80. The maximum Gasteiger partial charge on any atom is 0.0641 e. The Bertz CT molecular complexity index is 380. The Morgan fingerprint density at radius 2 is 2.24 bits per heavy atom. The fourth-order valence-corrected chi connectivity index (χ4v) is 1.87. The van der Waals surface area contributed by atoms with Gasteiger partial charge in [-0.25, -0.2) is 0 Å². The molecule has 0 heterocycles. The van der Waals surface area contributed by atoms with Gasteiger partial charge in [-0.1, -0.05) is 11.6 Å². The van der Waals surface area contributed by atoms with Crippen LogP contribution in [0.25, 0.3) is 0 Å². The number of benzene rings is 1. The highest BCUT2D eigenvalue weighted by molar-refractivity contribution is 6.31. The fraction of sp³-hybridized carbons (Fsp3) is 0.538. The third-order valence-corrected chi connectivity index (χ3v) is 3.26. The molecule has 2 rings (SSSR count). The molecule has 1 aliphatic carbocycles. The Hall–Kier alpha value is -0.930. The molecule has 4 heteroatoms. The van der Waals surface area contributed by atoms with Crippen LogP contribution < -0.4 is 10.6 Å². The third kappa shape index (κ3) is 3.79. The maximum absolute atomic E-state index is 5.96. The standard InChI is InChI=1S/C13H19ClN2O/c1-16(6-7-17-9-10-2-3-10)13-8-11(14)4-5-12(13)15/h4-5,8,10H,2-3,6-7,9,15H2,1H3. The lowest BCUT2D eigenvalue weighted by Crippen LogP contribution is -2.23. The van der Waals surface area contributed by atoms with Crippen molar-refractivity contribution in [3.05, 3.63) is 23.2 Å². The molecule has 1 aromatic carbocycles. The Morgan fingerprint density at radius 1 is 1.47 bits per heavy atom. The van der Waals surface area contributed by atoms with Gasteiger partial charge in [-0.15, -0.1) is 0 Å². The van der Waals surface area contributed by atoms with Gasteiger partial charge < -0.3 is 15.4 Å². The van der Waals surface area contributed by atoms with Gasteiger partial charge in [0.2, 0.25) is 0 Å². The highest BCUT2D eigenvalue weighted by Gasteiger charge is 2.21. The fourth-order valence-electron chi connectivity index (χ4n) is 1.70. The monoisotopic (exact) mass is 254 g/mol. The molecule has 1 saturated carbocycles. The second-order valence-electron chi connectivity index (χ2n) is 4.64. The molecule has 0 unspecified atom stereocenters. The molecule has 0 aromatic heterocycles. The number of likely N-dealkylation sites (N-methyl/N-ethyl adjacent to an activating group) is 1. The number of anilines is 2. The number of nitrogens with two attached hydrogens (primary N) is 1. The van der Waals surface area contributed by atoms with Crippen LogP contribution in [0, 0.1) is 5.92 Å². The first-order chi connectivity index (χ1) is 8.16. The summed E-state index contributed by atoms with van der Waals surface area (Å²) in [6.07, 6.45) is 2.66. The molecule has 0 spiro atoms. The summed E-state index contributed by atoms with van der Waals surface area (Å²) >= 11 is 5.96. The van der Waals surface area contributed by atoms with Crippen LogP contribution in [-0.2, 0) is 4.74 Å². The van der Waals surface area contributed by atoms with Crippen LogP contribution in [0.2, 0.25) is 5.02 Å². The van der Waals surface area contributed by atoms with Gasteiger partial charge >= 0.3 is 0 Å². The van der Waals surface area contributed by atoms with E-state index in [1.165, 1.54) is 12.8 Å². The topological polar surface area (TPSA) is 38.5 Å². The highest BCUT2D eigenvalue weighted by Crippen LogP contribution is 2.29. The van der Waals surface area contributed by atoms with Crippen molar-refractivity contribution >= 4 is 23.0 Å². The molecular weight excluding hydrogens is 236 g/mol. The predicted octanol–water partition coefficient (Wildman–Crippen LogP) is 2.79. The van der Waals surface area contributed by atoms with Gasteiger partial charge in [0.1, 0.15) is 0 Å². The van der Waals surface area contributed by atoms with Gasteiger partial charge in [0.15, 0.2) is 0 Å². The maximum atomic E-state index is 5.96. The number of hydrogen-bond acceptors (Lipinski definition) is 3. The Kier molecular flexibility index (Phi) is 4.13. The molecule has 1 fully saturated rings. The van der Waals surface area contributed by atoms with Gasteiger partial charge in [-0.05, 0) is 37.0 Å². The molecule has 3 nitrogen and oxygen atoms in total. The molecule has 94 valence electrons. The lowest BCUT2D eigenvalue weighted by molar-refractivity contribution is 0.131. The number of rotatable bonds is 6. The molecule has 0 aliphatic heterocycles. The van der Waals surface area contributed by atoms with E-state index in [0.717, 1.165) is 37.1 Å². The molecule has 0 bridgehead atoms. The van der Waals surface area contributed by atoms with E-state index in [2.05, 4.69) is 4.90 Å². The SMILES string of the molecule is CN(CCOCC1CC1)c1cc(Cl)ccc1N. The number of halogens is 1. The van der Waals surface area contributed by atoms with Crippen molar-refractivity contribution in [2.24, 2.45) is 5.92 Å². The number of hydrogen-bond donors (Lipinski definition) is 1. The lowest BCUT2D eigenvalue weighted by atomic mass is 10.2. The van der Waals surface area contributed by atoms with Crippen molar-refractivity contribution < 1.29 is 4.74 Å². The number of nitrogen functional groups attached to an aromatic ring is 1. The molecule has 1 aliphatic rings. The van der Waals surface area contributed by atoms with Gasteiger partial charge in [0.25, 0.3) is 0 Å². The van der Waals surface area contributed by atoms with Crippen molar-refractivity contribution in [2.75, 3.05) is 37.4 Å². The first-order valence-electron chi connectivity index (χ1n) is 6.00. The first-order valence-corrected chi connectivity index (χ1v) is 6.38. The number of nitrogens with zero attached hydrogens (tertiary/aromatic N) is 1. The van der Waals surface area contributed by atoms with E-state index in [-0.39, 0.29) is 0 Å². The molecule has 17 heavy (non-hydrogen) atoms. The molecule has 0 saturated heterocycles. The summed E-state index contributed by atoms with van der Waals surface area (Å²) in [6, 6.07) is 5.52. The first kappa shape index (κ1) is 12.5. The van der Waals surface area contributed by atoms with Crippen LogP contribution in [-0.4, -0.2) is 26.8 Å². The molecule has 0 amide bonds. The Labute approximate surface area is 107 Å². The van der Waals surface area contributed by atoms with Crippen molar-refractivity contribution in [1.82, 2.24) is 0 Å². The lowest BCUT2D eigenvalue weighted by Gasteiger charge is -2.21. The minimum atomic E-state index is 0.708. The van der Waals surface area contributed by atoms with Crippen LogP contribution in [0.3, 0.4) is 0 Å². The summed E-state index contributed by atoms with van der Waals surface area (Å²) in [6.45, 7) is 2.47. The van der Waals surface area contributed by atoms with Crippen LogP contribution in [0.5, 0.6) is 0 Å². The van der Waals surface area contributed by atoms with Gasteiger partial charge in [0.05, 0.1) is 18.0 Å². The van der Waals surface area contributed by atoms with Crippen LogP contribution in [0.4, 0.5) is 11.4 Å². The average Bonchev–Trinajstić information content (AvgIpc) is 3.11. The van der Waals surface area contributed by atoms with Crippen LogP contribution in [0.1, 0.15) is 12.8 Å². The van der Waals surface area contributed by atoms with Gasteiger partial charge in [-0.3, -0.25) is 0 Å². The summed E-state index contributed by atoms with van der Waals surface area (Å²) < 4.78 is 5.60. The summed E-state index contributed by atoms with van der Waals surface area (Å²) in [5.74, 6) is 0.816. The zero-order chi connectivity index (χ0) is 12.3. The summed E-state index contributed by atoms with van der Waals surface area (Å²) in [4.78, 5) is 2.08. The van der Waals surface area contributed by atoms with Crippen molar-refractivity contribution in [1.29, 1.82) is 0 Å². The smallest absolute Gasteiger partial charge is 0.0641 e. The van der Waals surface area contributed by atoms with E-state index in [4.69, 9.17) is 22.1 Å². The van der Waals surface area contributed by atoms with Crippen LogP contribution in [0.15, 0.2) is 18.2 Å². The molecule has 0 atom stereocenters. The quantitative estimate of drug-likeness (QED) is 0.627. The summed E-state index contributed by atoms with van der Waals surface area (Å²) in [7, 11) is 2.00. The molecular formula is C13H19ClN2O. The zero-order valence-electron chi connectivity index (χ0n) is 10.2. The Morgan fingerprint density at radius 3 is 2.94 bits per heavy atom. The van der Waals surface area contributed by atoms with E-state index < -0.39 is 0 Å². The van der Waals surface area contributed by atoms with E-state index in [9.17, 15) is 0 Å². The molecule has 2 N–H and O–H groups in total. The van der Waals surface area contributed by atoms with Gasteiger partial charge in [-0.2, -0.15) is 0 Å². The van der Waals surface area contributed by atoms with E-state index in [1.807, 2.05) is 19.2 Å². The average molecular weight is 255 g/mol. The normalized spacial score (nSPS) is 14.9. The van der Waals surface area contributed by atoms with E-state index >= 15 is 0 Å². The largest absolute Gasteiger partial charge is 0.397 e. The minimum absolute atomic E-state index is 0.708. The summed E-state index contributed by atoms with van der Waals surface area (Å²) in [5, 5.41) is 0.708.